The molecule has 4 atom stereocenters. The maximum atomic E-state index is 14.5. The Balaban J connectivity index is 0.000000199. The molecule has 6 fully saturated rings. The Morgan fingerprint density at radius 1 is 0.385 bits per heavy atom. The lowest BCUT2D eigenvalue weighted by atomic mass is 10.2. The monoisotopic (exact) mass is 1840 g/mol. The lowest BCUT2D eigenvalue weighted by Gasteiger charge is -2.25. The number of H-pyrrole nitrogens is 4. The van der Waals surface area contributed by atoms with Crippen molar-refractivity contribution in [1.82, 2.24) is 102 Å². The molecule has 130 heavy (non-hydrogen) atoms. The number of amides is 8. The summed E-state index contributed by atoms with van der Waals surface area (Å²) in [6.07, 6.45) is 3.74. The van der Waals surface area contributed by atoms with E-state index in [9.17, 15) is 104 Å². The maximum absolute atomic E-state index is 14.5. The predicted octanol–water partition coefficient (Wildman–Crippen LogP) is 11.2. The van der Waals surface area contributed by atoms with Gasteiger partial charge >= 0.3 is 24.7 Å². The van der Waals surface area contributed by atoms with Gasteiger partial charge < -0.3 is 81.2 Å². The smallest absolute Gasteiger partial charge is 0.356 e. The first-order valence-electron chi connectivity index (χ1n) is 41.4. The third kappa shape index (κ3) is 25.0. The van der Waals surface area contributed by atoms with Gasteiger partial charge in [-0.05, 0) is 119 Å². The van der Waals surface area contributed by atoms with Crippen molar-refractivity contribution in [3.63, 3.8) is 0 Å². The highest BCUT2D eigenvalue weighted by atomic mass is 19.4. The summed E-state index contributed by atoms with van der Waals surface area (Å²) in [6, 6.07) is 13.8. The van der Waals surface area contributed by atoms with Crippen LogP contribution in [0, 0.1) is 23.4 Å². The number of nitrogens with zero attached hydrogens (tertiary/aromatic N) is 14. The first-order valence-corrected chi connectivity index (χ1v) is 41.4. The van der Waals surface area contributed by atoms with Gasteiger partial charge in [0.1, 0.15) is 78.9 Å². The molecular formula is C83H95F15N24O8. The quantitative estimate of drug-likeness (QED) is 0.0198. The zero-order chi connectivity index (χ0) is 92.8. The van der Waals surface area contributed by atoms with Gasteiger partial charge in [-0.2, -0.15) is 52.7 Å². The molecule has 0 radical (unpaired) electrons. The van der Waals surface area contributed by atoms with Crippen LogP contribution in [-0.2, 0) is 25.7 Å². The van der Waals surface area contributed by atoms with E-state index in [-0.39, 0.29) is 103 Å². The van der Waals surface area contributed by atoms with Crippen LogP contribution in [0.3, 0.4) is 0 Å². The van der Waals surface area contributed by atoms with E-state index in [1.807, 2.05) is 63.8 Å². The van der Waals surface area contributed by atoms with E-state index in [2.05, 4.69) is 70.4 Å². The maximum Gasteiger partial charge on any atom is 0.405 e. The van der Waals surface area contributed by atoms with Crippen LogP contribution >= 0.6 is 0 Å². The van der Waals surface area contributed by atoms with Gasteiger partial charge in [0.05, 0.1) is 18.6 Å². The van der Waals surface area contributed by atoms with Crippen molar-refractivity contribution in [2.45, 2.75) is 132 Å². The van der Waals surface area contributed by atoms with E-state index in [0.29, 0.717) is 141 Å². The molecule has 47 heteroatoms. The molecule has 0 unspecified atom stereocenters. The first-order chi connectivity index (χ1) is 62.0. The Morgan fingerprint density at radius 2 is 0.731 bits per heavy atom. The highest BCUT2D eigenvalue weighted by Gasteiger charge is 2.42. The van der Waals surface area contributed by atoms with Crippen molar-refractivity contribution in [1.29, 1.82) is 0 Å². The zero-order valence-electron chi connectivity index (χ0n) is 69.0. The first kappa shape index (κ1) is 93.9. The fourth-order valence-electron chi connectivity index (χ4n) is 15.2. The summed E-state index contributed by atoms with van der Waals surface area (Å²) < 4.78 is 193. The van der Waals surface area contributed by atoms with Crippen LogP contribution in [0.5, 0.6) is 0 Å². The molecule has 0 spiro atoms. The molecule has 8 amide bonds. The highest BCUT2D eigenvalue weighted by Crippen LogP contribution is 2.36. The minimum absolute atomic E-state index is 0. The predicted molar refractivity (Wildman–Crippen MR) is 446 cm³/mol. The number of hydrogen-bond acceptors (Lipinski definition) is 20. The number of aromatic nitrogens is 12. The molecule has 1 aliphatic carbocycles. The number of nitrogens with one attached hydrogen (secondary N) is 10. The molecule has 1 saturated carbocycles. The Labute approximate surface area is 736 Å². The SMILES string of the molecule is O=C(NCC(F)(F)F)[C@H]1CCCN1c1nc(-c2c[nH]c(C(=O)N3CC=CC3)c2)ncc1F.O=C(NCC(F)(F)F)[C@H]1CCCN1c1nc(-c2c[nH]c(C(=O)N3CCCC3)c2)ncc1F.O=C(NCC1CC1)c1cc(-c2ncc(F)c(N3CCC[C@@H]3C(=O)NCC(F)(F)F)n2)c[nH]1.O=C(NCc1ccccc1)c1cc(-c2nccc(N3CCC[C@@H]3C(=O)NCC(F)(F)F)n2)c[nH]1.[HH].[HH].[HH].[HH]. The standard InChI is InChI=1S/C23H23F3N6O2.2C20H22F4N6O2.C20H20F4N6O2.4H2/c24-23(25,26)14-30-22(34)18-7-4-10-32(18)19-8-9-27-20(31-19)16-11-17(28-13-16)21(33)29-12-15-5-2-1-3-6-15;21-13-9-26-16(12-6-14(25-8-12)18(31)27-7-11-3-4-11)29-17(13)30-5-1-2-15(30)19(32)28-10-20(22,23)24;2*21-13-10-26-16(12-8-14(25-9-12)19(32)29-5-1-2-6-29)28-17(13)30-7-3-4-15(30)18(31)27-11-20(22,23)24;;;;/h1-3,5-6,8-9,11,13,18,28H,4,7,10,12,14H2,(H,29,33)(H,30,34);6,8-9,11,15,25H,1-5,7,10H2,(H,27,31)(H,28,32);8-10,15,25H,1-7,11H2,(H,27,31);1-2,8-10,15,25H,3-7,11H2,(H,27,31);4*1H/t18-;3*15-;;;;/m1111..../s1. The third-order valence-corrected chi connectivity index (χ3v) is 21.8. The van der Waals surface area contributed by atoms with Crippen LogP contribution < -0.4 is 51.5 Å². The summed E-state index contributed by atoms with van der Waals surface area (Å²) >= 11 is 0. The summed E-state index contributed by atoms with van der Waals surface area (Å²) in [6.45, 7) is -1.07. The number of benzene rings is 1. The van der Waals surface area contributed by atoms with Gasteiger partial charge in [0.2, 0.25) is 23.6 Å². The van der Waals surface area contributed by atoms with Crippen LogP contribution in [0.25, 0.3) is 45.6 Å². The minimum atomic E-state index is -4.54. The number of anilines is 4. The number of halogens is 15. The number of carbonyl (C=O) groups excluding carboxylic acids is 8. The van der Waals surface area contributed by atoms with Crippen LogP contribution in [-0.4, -0.2) is 251 Å². The topological polar surface area (TPSA) is 394 Å². The molecule has 5 saturated heterocycles. The summed E-state index contributed by atoms with van der Waals surface area (Å²) in [5.74, 6) is -5.28. The molecule has 700 valence electrons. The highest BCUT2D eigenvalue weighted by molar-refractivity contribution is 5.97. The van der Waals surface area contributed by atoms with Crippen molar-refractivity contribution in [3.8, 4) is 45.6 Å². The Kier molecular flexibility index (Phi) is 29.7. The number of rotatable bonds is 24. The summed E-state index contributed by atoms with van der Waals surface area (Å²) in [5.41, 5.74) is 4.23. The lowest BCUT2D eigenvalue weighted by Crippen LogP contribution is -2.46. The molecule has 6 aliphatic heterocycles. The molecular weight excluding hydrogens is 1750 g/mol. The van der Waals surface area contributed by atoms with E-state index in [4.69, 9.17) is 0 Å². The van der Waals surface area contributed by atoms with Gasteiger partial charge in [-0.15, -0.1) is 0 Å². The van der Waals surface area contributed by atoms with E-state index in [1.54, 1.807) is 45.2 Å². The number of alkyl halides is 12. The van der Waals surface area contributed by atoms with Crippen LogP contribution in [0.2, 0.25) is 0 Å². The average Bonchev–Trinajstić information content (AvgIpc) is 1.62. The average molecular weight is 1840 g/mol. The van der Waals surface area contributed by atoms with Gasteiger partial charge in [-0.1, -0.05) is 42.5 Å². The molecule has 10 N–H and O–H groups in total. The number of hydrogen-bond donors (Lipinski definition) is 10. The van der Waals surface area contributed by atoms with Crippen LogP contribution in [0.1, 0.15) is 130 Å². The molecule has 8 aromatic heterocycles. The molecule has 14 heterocycles. The Hall–Kier alpha value is -13.7. The van der Waals surface area contributed by atoms with E-state index >= 15 is 0 Å². The van der Waals surface area contributed by atoms with Gasteiger partial charge in [-0.25, -0.2) is 53.0 Å². The van der Waals surface area contributed by atoms with Gasteiger partial charge in [0, 0.05) is 124 Å². The van der Waals surface area contributed by atoms with E-state index in [0.717, 1.165) is 49.8 Å². The zero-order valence-corrected chi connectivity index (χ0v) is 69.0. The Morgan fingerprint density at radius 3 is 1.12 bits per heavy atom. The van der Waals surface area contributed by atoms with E-state index in [1.165, 1.54) is 45.6 Å². The molecule has 16 rings (SSSR count). The molecule has 9 aromatic rings. The van der Waals surface area contributed by atoms with Crippen molar-refractivity contribution < 1.29 is 110 Å². The normalized spacial score (nSPS) is 17.9. The van der Waals surface area contributed by atoms with Crippen molar-refractivity contribution in [2.75, 3.05) is 105 Å². The van der Waals surface area contributed by atoms with Crippen LogP contribution in [0.15, 0.2) is 122 Å². The number of likely N-dealkylation sites (tertiary alicyclic amines) is 1. The Bertz CT molecular complexity index is 5410. The molecule has 32 nitrogen and oxygen atoms in total. The van der Waals surface area contributed by atoms with E-state index < -0.39 is 116 Å². The minimum Gasteiger partial charge on any atom is -0.356 e. The van der Waals surface area contributed by atoms with Crippen molar-refractivity contribution in [2.24, 2.45) is 5.92 Å². The third-order valence-electron chi connectivity index (χ3n) is 21.8. The van der Waals surface area contributed by atoms with Crippen LogP contribution in [0.4, 0.5) is 89.1 Å². The fourth-order valence-corrected chi connectivity index (χ4v) is 15.2. The number of aromatic amines is 4. The molecule has 7 aliphatic rings. The largest absolute Gasteiger partial charge is 0.405 e. The van der Waals surface area contributed by atoms with Gasteiger partial charge in [0.25, 0.3) is 23.6 Å². The lowest BCUT2D eigenvalue weighted by molar-refractivity contribution is -0.139. The molecule has 0 bridgehead atoms. The second kappa shape index (κ2) is 41.2. The van der Waals surface area contributed by atoms with Crippen molar-refractivity contribution >= 4 is 70.5 Å². The van der Waals surface area contributed by atoms with Gasteiger partial charge in [-0.3, -0.25) is 38.4 Å². The second-order valence-corrected chi connectivity index (χ2v) is 31.3. The van der Waals surface area contributed by atoms with Gasteiger partial charge in [0.15, 0.2) is 58.2 Å². The molecule has 1 aromatic carbocycles. The fraction of sp³-hybridized carbons (Fsp3) is 0.422. The number of carbonyl (C=O) groups is 8. The second-order valence-electron chi connectivity index (χ2n) is 31.3. The summed E-state index contributed by atoms with van der Waals surface area (Å²) in [5, 5.41) is 13.2. The summed E-state index contributed by atoms with van der Waals surface area (Å²) in [4.78, 5) is 153. The van der Waals surface area contributed by atoms with Crippen molar-refractivity contribution in [3.05, 3.63) is 168 Å². The summed E-state index contributed by atoms with van der Waals surface area (Å²) in [7, 11) is 0.